The summed E-state index contributed by atoms with van der Waals surface area (Å²) in [6, 6.07) is 10.7. The monoisotopic (exact) mass is 385 g/mol. The second-order valence-electron chi connectivity index (χ2n) is 6.94. The maximum atomic E-state index is 12.5. The molecule has 5 nitrogen and oxygen atoms in total. The highest BCUT2D eigenvalue weighted by Gasteiger charge is 2.24. The van der Waals surface area contributed by atoms with E-state index < -0.39 is 11.6 Å². The van der Waals surface area contributed by atoms with E-state index in [1.54, 1.807) is 37.7 Å². The Labute approximate surface area is 162 Å². The molecule has 3 aromatic rings. The van der Waals surface area contributed by atoms with Crippen LogP contribution in [-0.2, 0) is 4.74 Å². The molecule has 0 saturated heterocycles. The van der Waals surface area contributed by atoms with Crippen LogP contribution in [0.4, 0.5) is 0 Å². The van der Waals surface area contributed by atoms with Gasteiger partial charge in [0.2, 0.25) is 5.76 Å². The quantitative estimate of drug-likeness (QED) is 0.545. The van der Waals surface area contributed by atoms with Gasteiger partial charge in [0.25, 0.3) is 0 Å². The molecular formula is C21H20ClNO4. The maximum absolute atomic E-state index is 12.5. The fraction of sp³-hybridized carbons (Fsp3) is 0.238. The zero-order valence-electron chi connectivity index (χ0n) is 15.6. The van der Waals surface area contributed by atoms with Gasteiger partial charge in [-0.1, -0.05) is 11.6 Å². The Hall–Kier alpha value is -2.79. The predicted molar refractivity (Wildman–Crippen MR) is 104 cm³/mol. The first-order valence-electron chi connectivity index (χ1n) is 8.40. The second kappa shape index (κ2) is 7.45. The van der Waals surface area contributed by atoms with Crippen LogP contribution in [0, 0.1) is 0 Å². The molecule has 1 aromatic carbocycles. The summed E-state index contributed by atoms with van der Waals surface area (Å²) in [5, 5.41) is 0.491. The number of aromatic nitrogens is 1. The molecule has 0 atom stereocenters. The van der Waals surface area contributed by atoms with Gasteiger partial charge in [0.15, 0.2) is 0 Å². The molecule has 0 aliphatic heterocycles. The molecule has 2 heterocycles. The average Bonchev–Trinajstić information content (AvgIpc) is 3.07. The highest BCUT2D eigenvalue weighted by molar-refractivity contribution is 6.32. The van der Waals surface area contributed by atoms with E-state index >= 15 is 0 Å². The van der Waals surface area contributed by atoms with Crippen molar-refractivity contribution in [2.75, 3.05) is 7.11 Å². The van der Waals surface area contributed by atoms with Crippen LogP contribution in [0.3, 0.4) is 0 Å². The summed E-state index contributed by atoms with van der Waals surface area (Å²) < 4.78 is 16.6. The Morgan fingerprint density at radius 1 is 1.07 bits per heavy atom. The van der Waals surface area contributed by atoms with Crippen LogP contribution in [0.25, 0.3) is 22.5 Å². The van der Waals surface area contributed by atoms with Crippen LogP contribution in [0.2, 0.25) is 5.02 Å². The van der Waals surface area contributed by atoms with Crippen molar-refractivity contribution in [3.8, 4) is 28.2 Å². The Kier molecular flexibility index (Phi) is 5.24. The summed E-state index contributed by atoms with van der Waals surface area (Å²) in [7, 11) is 1.54. The molecule has 3 rings (SSSR count). The highest BCUT2D eigenvalue weighted by Crippen LogP contribution is 2.38. The zero-order valence-corrected chi connectivity index (χ0v) is 16.3. The molecule has 0 spiro atoms. The van der Waals surface area contributed by atoms with Crippen molar-refractivity contribution in [2.24, 2.45) is 0 Å². The molecule has 6 heteroatoms. The van der Waals surface area contributed by atoms with Gasteiger partial charge >= 0.3 is 5.97 Å². The van der Waals surface area contributed by atoms with Crippen LogP contribution in [-0.4, -0.2) is 23.7 Å². The lowest BCUT2D eigenvalue weighted by Gasteiger charge is -2.18. The van der Waals surface area contributed by atoms with Crippen LogP contribution in [0.15, 0.2) is 53.2 Å². The van der Waals surface area contributed by atoms with Crippen molar-refractivity contribution in [1.82, 2.24) is 4.98 Å². The molecule has 27 heavy (non-hydrogen) atoms. The highest BCUT2D eigenvalue weighted by atomic mass is 35.5. The largest absolute Gasteiger partial charge is 0.495 e. The molecule has 2 aromatic heterocycles. The minimum Gasteiger partial charge on any atom is -0.495 e. The van der Waals surface area contributed by atoms with Gasteiger partial charge in [0, 0.05) is 23.5 Å². The molecule has 0 saturated carbocycles. The molecule has 0 aliphatic rings. The maximum Gasteiger partial charge on any atom is 0.374 e. The van der Waals surface area contributed by atoms with Gasteiger partial charge in [-0.05, 0) is 62.7 Å². The molecule has 0 unspecified atom stereocenters. The first kappa shape index (κ1) is 19.0. The SMILES string of the molecule is COc1cc(-c2oc(C(=O)OC(C)(C)C)cc2-c2ccncc2)ccc1Cl. The molecule has 0 aliphatic carbocycles. The van der Waals surface area contributed by atoms with Gasteiger partial charge < -0.3 is 13.9 Å². The van der Waals surface area contributed by atoms with Crippen LogP contribution in [0.5, 0.6) is 5.75 Å². The third kappa shape index (κ3) is 4.31. The normalized spacial score (nSPS) is 11.3. The van der Waals surface area contributed by atoms with Gasteiger partial charge in [-0.15, -0.1) is 0 Å². The van der Waals surface area contributed by atoms with Gasteiger partial charge in [-0.25, -0.2) is 4.79 Å². The molecule has 0 fully saturated rings. The average molecular weight is 386 g/mol. The molecule has 0 bridgehead atoms. The lowest BCUT2D eigenvalue weighted by Crippen LogP contribution is -2.23. The molecule has 0 N–H and O–H groups in total. The van der Waals surface area contributed by atoms with Crippen molar-refractivity contribution in [1.29, 1.82) is 0 Å². The fourth-order valence-electron chi connectivity index (χ4n) is 2.58. The number of benzene rings is 1. The third-order valence-electron chi connectivity index (χ3n) is 3.74. The summed E-state index contributed by atoms with van der Waals surface area (Å²) in [6.07, 6.45) is 3.36. The second-order valence-corrected chi connectivity index (χ2v) is 7.35. The van der Waals surface area contributed by atoms with Gasteiger partial charge in [-0.2, -0.15) is 0 Å². The number of rotatable bonds is 4. The van der Waals surface area contributed by atoms with Crippen molar-refractivity contribution in [3.05, 3.63) is 59.6 Å². The number of halogens is 1. The number of carbonyl (C=O) groups excluding carboxylic acids is 1. The van der Waals surface area contributed by atoms with E-state index in [0.717, 1.165) is 16.7 Å². The number of carbonyl (C=O) groups is 1. The predicted octanol–water partition coefficient (Wildman–Crippen LogP) is 5.63. The Balaban J connectivity index is 2.13. The number of hydrogen-bond acceptors (Lipinski definition) is 5. The summed E-state index contributed by atoms with van der Waals surface area (Å²) in [6.45, 7) is 5.42. The number of hydrogen-bond donors (Lipinski definition) is 0. The fourth-order valence-corrected chi connectivity index (χ4v) is 2.78. The Bertz CT molecular complexity index is 958. The van der Waals surface area contributed by atoms with Crippen LogP contribution in [0.1, 0.15) is 31.3 Å². The number of pyridine rings is 1. The first-order valence-corrected chi connectivity index (χ1v) is 8.78. The Morgan fingerprint density at radius 2 is 1.78 bits per heavy atom. The molecule has 0 amide bonds. The summed E-state index contributed by atoms with van der Waals surface area (Å²) in [4.78, 5) is 16.5. The minimum absolute atomic E-state index is 0.126. The summed E-state index contributed by atoms with van der Waals surface area (Å²) in [5.74, 6) is 0.646. The van der Waals surface area contributed by atoms with E-state index in [1.807, 2.05) is 39.0 Å². The lowest BCUT2D eigenvalue weighted by atomic mass is 10.0. The third-order valence-corrected chi connectivity index (χ3v) is 4.05. The number of furan rings is 1. The number of esters is 1. The molecular weight excluding hydrogens is 366 g/mol. The van der Waals surface area contributed by atoms with E-state index in [2.05, 4.69) is 4.98 Å². The van der Waals surface area contributed by atoms with Crippen molar-refractivity contribution in [3.63, 3.8) is 0 Å². The molecule has 0 radical (unpaired) electrons. The van der Waals surface area contributed by atoms with Crippen molar-refractivity contribution in [2.45, 2.75) is 26.4 Å². The van der Waals surface area contributed by atoms with Gasteiger partial charge in [-0.3, -0.25) is 4.98 Å². The minimum atomic E-state index is -0.621. The van der Waals surface area contributed by atoms with Crippen LogP contribution < -0.4 is 4.74 Å². The van der Waals surface area contributed by atoms with Gasteiger partial charge in [0.05, 0.1) is 12.1 Å². The topological polar surface area (TPSA) is 61.6 Å². The van der Waals surface area contributed by atoms with E-state index in [0.29, 0.717) is 16.5 Å². The van der Waals surface area contributed by atoms with E-state index in [9.17, 15) is 4.79 Å². The van der Waals surface area contributed by atoms with Crippen molar-refractivity contribution < 1.29 is 18.7 Å². The standard InChI is InChI=1S/C21H20ClNO4/c1-21(2,3)27-20(24)18-12-15(13-7-9-23-10-8-13)19(26-18)14-5-6-16(22)17(11-14)25-4/h5-12H,1-4H3. The summed E-state index contributed by atoms with van der Waals surface area (Å²) >= 11 is 6.13. The number of ether oxygens (including phenoxy) is 2. The van der Waals surface area contributed by atoms with E-state index in [-0.39, 0.29) is 5.76 Å². The summed E-state index contributed by atoms with van der Waals surface area (Å²) in [5.41, 5.74) is 1.73. The van der Waals surface area contributed by atoms with E-state index in [1.165, 1.54) is 0 Å². The van der Waals surface area contributed by atoms with Crippen LogP contribution >= 0.6 is 11.6 Å². The number of methoxy groups -OCH3 is 1. The van der Waals surface area contributed by atoms with Crippen molar-refractivity contribution >= 4 is 17.6 Å². The molecule has 140 valence electrons. The van der Waals surface area contributed by atoms with Gasteiger partial charge in [0.1, 0.15) is 17.1 Å². The Morgan fingerprint density at radius 3 is 2.41 bits per heavy atom. The van der Waals surface area contributed by atoms with E-state index in [4.69, 9.17) is 25.5 Å². The smallest absolute Gasteiger partial charge is 0.374 e. The first-order chi connectivity index (χ1) is 12.8. The zero-order chi connectivity index (χ0) is 19.6. The number of nitrogens with zero attached hydrogens (tertiary/aromatic N) is 1. The lowest BCUT2D eigenvalue weighted by molar-refractivity contribution is 0.00368.